The molecule has 0 aliphatic carbocycles. The van der Waals surface area contributed by atoms with Crippen LogP contribution in [0.4, 0.5) is 11.4 Å². The van der Waals surface area contributed by atoms with E-state index in [-0.39, 0.29) is 24.7 Å². The molecule has 0 heterocycles. The lowest BCUT2D eigenvalue weighted by atomic mass is 10.1. The first-order valence-corrected chi connectivity index (χ1v) is 11.5. The van der Waals surface area contributed by atoms with Crippen molar-refractivity contribution in [2.24, 2.45) is 0 Å². The maximum absolute atomic E-state index is 13.1. The van der Waals surface area contributed by atoms with E-state index < -0.39 is 11.2 Å². The topological polar surface area (TPSA) is 95.5 Å². The Kier molecular flexibility index (Phi) is 8.47. The first kappa shape index (κ1) is 23.6. The van der Waals surface area contributed by atoms with Gasteiger partial charge in [-0.2, -0.15) is 0 Å². The third-order valence-corrected chi connectivity index (χ3v) is 6.17. The van der Waals surface area contributed by atoms with Crippen LogP contribution in [-0.2, 0) is 14.4 Å². The summed E-state index contributed by atoms with van der Waals surface area (Å²) in [5.41, 5.74) is 2.09. The van der Waals surface area contributed by atoms with E-state index in [1.807, 2.05) is 60.7 Å². The molecule has 3 aromatic rings. The van der Waals surface area contributed by atoms with Crippen LogP contribution in [0, 0.1) is 0 Å². The molecule has 1 atom stereocenters. The summed E-state index contributed by atoms with van der Waals surface area (Å²) in [6, 6.07) is 24.0. The Hall–Kier alpha value is -3.10. The molecule has 1 unspecified atom stereocenters. The maximum atomic E-state index is 13.1. The number of aliphatic carboxylic acids is 1. The molecule has 0 bridgehead atoms. The van der Waals surface area contributed by atoms with Gasteiger partial charge in [0, 0.05) is 27.2 Å². The molecule has 0 saturated heterocycles. The Labute approximate surface area is 198 Å². The van der Waals surface area contributed by atoms with Crippen molar-refractivity contribution in [3.63, 3.8) is 0 Å². The van der Waals surface area contributed by atoms with Crippen LogP contribution in [0.2, 0.25) is 0 Å². The molecular formula is C24H21BrN2O4S. The van der Waals surface area contributed by atoms with E-state index >= 15 is 0 Å². The van der Waals surface area contributed by atoms with Crippen LogP contribution < -0.4 is 10.6 Å². The van der Waals surface area contributed by atoms with Crippen LogP contribution >= 0.6 is 27.7 Å². The van der Waals surface area contributed by atoms with Crippen LogP contribution in [0.3, 0.4) is 0 Å². The second-order valence-electron chi connectivity index (χ2n) is 6.87. The maximum Gasteiger partial charge on any atom is 0.303 e. The number of thioether (sulfide) groups is 1. The Morgan fingerprint density at radius 2 is 1.56 bits per heavy atom. The van der Waals surface area contributed by atoms with Crippen molar-refractivity contribution in [2.75, 3.05) is 10.6 Å². The molecule has 164 valence electrons. The average molecular weight is 513 g/mol. The molecule has 8 heteroatoms. The van der Waals surface area contributed by atoms with Crippen molar-refractivity contribution in [1.82, 2.24) is 0 Å². The van der Waals surface area contributed by atoms with Gasteiger partial charge in [-0.3, -0.25) is 14.4 Å². The summed E-state index contributed by atoms with van der Waals surface area (Å²) >= 11 is 4.75. The zero-order chi connectivity index (χ0) is 22.9. The van der Waals surface area contributed by atoms with E-state index in [0.29, 0.717) is 11.4 Å². The minimum absolute atomic E-state index is 0.102. The first-order valence-electron chi connectivity index (χ1n) is 9.80. The fourth-order valence-electron chi connectivity index (χ4n) is 2.87. The predicted octanol–water partition coefficient (Wildman–Crippen LogP) is 5.72. The minimum Gasteiger partial charge on any atom is -0.481 e. The van der Waals surface area contributed by atoms with Gasteiger partial charge in [0.15, 0.2) is 0 Å². The molecule has 0 radical (unpaired) electrons. The number of benzene rings is 3. The molecule has 32 heavy (non-hydrogen) atoms. The van der Waals surface area contributed by atoms with Gasteiger partial charge in [-0.25, -0.2) is 0 Å². The number of nitrogens with one attached hydrogen (secondary N) is 2. The Balaban J connectivity index is 1.76. The number of carbonyl (C=O) groups excluding carboxylic acids is 2. The normalized spacial score (nSPS) is 11.4. The number of carboxylic acids is 1. The molecule has 3 rings (SSSR count). The number of halogens is 1. The zero-order valence-electron chi connectivity index (χ0n) is 17.0. The summed E-state index contributed by atoms with van der Waals surface area (Å²) in [6.07, 6.45) is -0.332. The number of amides is 2. The molecule has 0 aliphatic heterocycles. The summed E-state index contributed by atoms with van der Waals surface area (Å²) in [5.74, 6) is -1.56. The van der Waals surface area contributed by atoms with E-state index in [2.05, 4.69) is 26.6 Å². The van der Waals surface area contributed by atoms with Gasteiger partial charge in [0.25, 0.3) is 0 Å². The molecule has 3 N–H and O–H groups in total. The molecule has 2 amide bonds. The highest BCUT2D eigenvalue weighted by molar-refractivity contribution is 9.10. The Morgan fingerprint density at radius 1 is 0.844 bits per heavy atom. The summed E-state index contributed by atoms with van der Waals surface area (Å²) in [5, 5.41) is 13.9. The van der Waals surface area contributed by atoms with Gasteiger partial charge in [-0.05, 0) is 48.0 Å². The number of hydrogen-bond acceptors (Lipinski definition) is 4. The monoisotopic (exact) mass is 512 g/mol. The molecule has 0 spiro atoms. The summed E-state index contributed by atoms with van der Waals surface area (Å²) in [4.78, 5) is 36.6. The second-order valence-corrected chi connectivity index (χ2v) is 8.97. The quantitative estimate of drug-likeness (QED) is 0.318. The van der Waals surface area contributed by atoms with Crippen LogP contribution in [-0.4, -0.2) is 22.9 Å². The smallest absolute Gasteiger partial charge is 0.303 e. The lowest BCUT2D eigenvalue weighted by Crippen LogP contribution is -2.19. The van der Waals surface area contributed by atoms with E-state index in [0.717, 1.165) is 14.9 Å². The zero-order valence-corrected chi connectivity index (χ0v) is 19.4. The van der Waals surface area contributed by atoms with E-state index in [4.69, 9.17) is 5.11 Å². The van der Waals surface area contributed by atoms with Gasteiger partial charge in [-0.1, -0.05) is 52.3 Å². The number of anilines is 2. The lowest BCUT2D eigenvalue weighted by molar-refractivity contribution is -0.138. The molecule has 0 fully saturated rings. The van der Waals surface area contributed by atoms with Gasteiger partial charge in [-0.15, -0.1) is 11.8 Å². The fourth-order valence-corrected chi connectivity index (χ4v) is 4.22. The van der Waals surface area contributed by atoms with Gasteiger partial charge < -0.3 is 15.7 Å². The third kappa shape index (κ3) is 7.25. The van der Waals surface area contributed by atoms with Crippen molar-refractivity contribution in [1.29, 1.82) is 0 Å². The minimum atomic E-state index is -1.02. The summed E-state index contributed by atoms with van der Waals surface area (Å²) in [6.45, 7) is 0. The molecule has 0 aliphatic rings. The molecular weight excluding hydrogens is 492 g/mol. The third-order valence-electron chi connectivity index (χ3n) is 4.39. The van der Waals surface area contributed by atoms with Crippen molar-refractivity contribution in [3.8, 4) is 0 Å². The second kappa shape index (κ2) is 11.5. The highest BCUT2D eigenvalue weighted by Crippen LogP contribution is 2.37. The van der Waals surface area contributed by atoms with Crippen molar-refractivity contribution in [3.05, 3.63) is 88.9 Å². The number of hydrogen-bond donors (Lipinski definition) is 3. The summed E-state index contributed by atoms with van der Waals surface area (Å²) < 4.78 is 0.923. The van der Waals surface area contributed by atoms with Gasteiger partial charge >= 0.3 is 5.97 Å². The SMILES string of the molecule is O=C(O)CCC(=O)Nc1cccc(SC(C(=O)Nc2ccc(Br)cc2)c2ccccc2)c1. The number of carboxylic acid groups (broad SMARTS) is 1. The van der Waals surface area contributed by atoms with Crippen LogP contribution in [0.25, 0.3) is 0 Å². The number of rotatable bonds is 9. The Bertz CT molecular complexity index is 1090. The number of carbonyl (C=O) groups is 3. The molecule has 6 nitrogen and oxygen atoms in total. The van der Waals surface area contributed by atoms with E-state index in [1.165, 1.54) is 11.8 Å². The van der Waals surface area contributed by atoms with E-state index in [9.17, 15) is 14.4 Å². The summed E-state index contributed by atoms with van der Waals surface area (Å²) in [7, 11) is 0. The van der Waals surface area contributed by atoms with Crippen LogP contribution in [0.15, 0.2) is 88.2 Å². The molecule has 0 saturated carbocycles. The highest BCUT2D eigenvalue weighted by atomic mass is 79.9. The predicted molar refractivity (Wildman–Crippen MR) is 130 cm³/mol. The Morgan fingerprint density at radius 3 is 2.25 bits per heavy atom. The van der Waals surface area contributed by atoms with Crippen LogP contribution in [0.1, 0.15) is 23.7 Å². The van der Waals surface area contributed by atoms with Crippen LogP contribution in [0.5, 0.6) is 0 Å². The molecule has 0 aromatic heterocycles. The van der Waals surface area contributed by atoms with Gasteiger partial charge in [0.1, 0.15) is 5.25 Å². The lowest BCUT2D eigenvalue weighted by Gasteiger charge is -2.18. The first-order chi connectivity index (χ1) is 15.4. The van der Waals surface area contributed by atoms with Gasteiger partial charge in [0.2, 0.25) is 11.8 Å². The fraction of sp³-hybridized carbons (Fsp3) is 0.125. The van der Waals surface area contributed by atoms with Gasteiger partial charge in [0.05, 0.1) is 6.42 Å². The van der Waals surface area contributed by atoms with E-state index in [1.54, 1.807) is 18.2 Å². The van der Waals surface area contributed by atoms with Crippen molar-refractivity contribution < 1.29 is 19.5 Å². The van der Waals surface area contributed by atoms with Crippen molar-refractivity contribution >= 4 is 56.9 Å². The average Bonchev–Trinajstić information content (AvgIpc) is 2.78. The highest BCUT2D eigenvalue weighted by Gasteiger charge is 2.22. The standard InChI is InChI=1S/C24H21BrN2O4S/c25-17-9-11-18(12-10-17)27-24(31)23(16-5-2-1-3-6-16)32-20-8-4-7-19(15-20)26-21(28)13-14-22(29)30/h1-12,15,23H,13-14H2,(H,26,28)(H,27,31)(H,29,30). The van der Waals surface area contributed by atoms with Crippen molar-refractivity contribution in [2.45, 2.75) is 23.0 Å². The molecule has 3 aromatic carbocycles. The largest absolute Gasteiger partial charge is 0.481 e.